The molecule has 4 aliphatic rings. The van der Waals surface area contributed by atoms with Gasteiger partial charge in [0.05, 0.1) is 29.3 Å². The van der Waals surface area contributed by atoms with E-state index in [1.807, 2.05) is 48.5 Å². The Hall–Kier alpha value is -6.09. The minimum absolute atomic E-state index is 0.00297. The van der Waals surface area contributed by atoms with E-state index >= 15 is 0 Å². The lowest BCUT2D eigenvalue weighted by atomic mass is 9.55. The van der Waals surface area contributed by atoms with Crippen LogP contribution in [0.3, 0.4) is 0 Å². The average Bonchev–Trinajstić information content (AvgIpc) is 3.74. The van der Waals surface area contributed by atoms with Crippen molar-refractivity contribution in [1.29, 1.82) is 0 Å². The molecule has 9 rings (SSSR count). The van der Waals surface area contributed by atoms with Gasteiger partial charge < -0.3 is 13.9 Å². The summed E-state index contributed by atoms with van der Waals surface area (Å²) in [6.45, 7) is -0.583. The first-order valence-electron chi connectivity index (χ1n) is 15.1. The zero-order valence-corrected chi connectivity index (χ0v) is 24.7. The highest BCUT2D eigenvalue weighted by atomic mass is 16.5. The number of hydrogen-bond donors (Lipinski definition) is 0. The molecule has 1 aliphatic heterocycles. The molecular weight excluding hydrogens is 598 g/mol. The molecule has 4 aromatic carbocycles. The molecule has 1 aromatic heterocycles. The molecule has 0 spiro atoms. The number of furan rings is 1. The number of benzene rings is 4. The predicted molar refractivity (Wildman–Crippen MR) is 167 cm³/mol. The quantitative estimate of drug-likeness (QED) is 0.0947. The van der Waals surface area contributed by atoms with Crippen molar-refractivity contribution in [2.75, 3.05) is 11.5 Å². The van der Waals surface area contributed by atoms with Crippen LogP contribution in [-0.2, 0) is 14.3 Å². The average molecular weight is 624 g/mol. The Morgan fingerprint density at radius 3 is 1.74 bits per heavy atom. The highest BCUT2D eigenvalue weighted by Gasteiger charge is 2.62. The topological polar surface area (TPSA) is 120 Å². The van der Waals surface area contributed by atoms with Gasteiger partial charge in [-0.25, -0.2) is 14.5 Å². The highest BCUT2D eigenvalue weighted by molar-refractivity contribution is 6.25. The molecule has 1 fully saturated rings. The van der Waals surface area contributed by atoms with E-state index in [0.29, 0.717) is 0 Å². The molecule has 3 aliphatic carbocycles. The van der Waals surface area contributed by atoms with Crippen molar-refractivity contribution in [2.45, 2.75) is 11.8 Å². The van der Waals surface area contributed by atoms with E-state index in [4.69, 9.17) is 13.9 Å². The second kappa shape index (κ2) is 11.1. The maximum atomic E-state index is 14.2. The van der Waals surface area contributed by atoms with Crippen LogP contribution in [0.15, 0.2) is 120 Å². The SMILES string of the molecule is O=C(COC(=O)c1ccccc1N1C(=O)C2C3c4ccccc4C(c4ccccc43)C2C1=O)c1ccc(OC(=O)c2ccco2)cc1. The van der Waals surface area contributed by atoms with Gasteiger partial charge in [0.2, 0.25) is 17.6 Å². The zero-order chi connectivity index (χ0) is 32.2. The van der Waals surface area contributed by atoms with Crippen LogP contribution in [0.25, 0.3) is 0 Å². The number of amides is 2. The van der Waals surface area contributed by atoms with Gasteiger partial charge in [0.1, 0.15) is 5.75 Å². The van der Waals surface area contributed by atoms with Crippen molar-refractivity contribution in [1.82, 2.24) is 0 Å². The highest BCUT2D eigenvalue weighted by Crippen LogP contribution is 2.61. The van der Waals surface area contributed by atoms with Crippen molar-refractivity contribution < 1.29 is 37.9 Å². The van der Waals surface area contributed by atoms with E-state index in [0.717, 1.165) is 27.2 Å². The number of carbonyl (C=O) groups excluding carboxylic acids is 5. The summed E-state index contributed by atoms with van der Waals surface area (Å²) < 4.78 is 15.6. The van der Waals surface area contributed by atoms with Gasteiger partial charge in [0.25, 0.3) is 0 Å². The number of nitrogens with zero attached hydrogens (tertiary/aromatic N) is 1. The van der Waals surface area contributed by atoms with Gasteiger partial charge in [-0.2, -0.15) is 0 Å². The monoisotopic (exact) mass is 623 g/mol. The molecule has 2 amide bonds. The molecule has 9 nitrogen and oxygen atoms in total. The van der Waals surface area contributed by atoms with Crippen LogP contribution in [0.1, 0.15) is 65.4 Å². The summed E-state index contributed by atoms with van der Waals surface area (Å²) >= 11 is 0. The standard InChI is InChI=1S/C38H25NO8/c40-29(21-15-17-22(18-16-21)47-38(44)30-14-7-19-45-30)20-46-37(43)27-12-5-6-13-28(27)39-35(41)33-31-23-8-1-2-9-24(23)32(34(33)36(39)42)26-11-4-3-10-25(26)31/h1-19,31-34H,20H2. The molecule has 47 heavy (non-hydrogen) atoms. The molecule has 9 heteroatoms. The summed E-state index contributed by atoms with van der Waals surface area (Å²) in [5.41, 5.74) is 4.57. The third kappa shape index (κ3) is 4.50. The van der Waals surface area contributed by atoms with Crippen LogP contribution < -0.4 is 9.64 Å². The predicted octanol–water partition coefficient (Wildman–Crippen LogP) is 5.94. The van der Waals surface area contributed by atoms with Crippen LogP contribution in [0.4, 0.5) is 5.69 Å². The molecule has 0 saturated carbocycles. The Kier molecular flexibility index (Phi) is 6.68. The third-order valence-corrected chi connectivity index (χ3v) is 9.26. The molecular formula is C38H25NO8. The van der Waals surface area contributed by atoms with E-state index in [1.165, 1.54) is 42.7 Å². The van der Waals surface area contributed by atoms with E-state index in [-0.39, 0.29) is 52.0 Å². The summed E-state index contributed by atoms with van der Waals surface area (Å²) in [5.74, 6) is -4.28. The van der Waals surface area contributed by atoms with Crippen LogP contribution >= 0.6 is 0 Å². The molecule has 2 bridgehead atoms. The number of para-hydroxylation sites is 1. The lowest BCUT2D eigenvalue weighted by Crippen LogP contribution is -2.41. The van der Waals surface area contributed by atoms with E-state index < -0.39 is 36.2 Å². The minimum atomic E-state index is -0.844. The first kappa shape index (κ1) is 28.4. The normalized spacial score (nSPS) is 20.3. The fourth-order valence-corrected chi connectivity index (χ4v) is 7.31. The summed E-state index contributed by atoms with van der Waals surface area (Å²) in [6.07, 6.45) is 1.35. The van der Waals surface area contributed by atoms with Crippen LogP contribution in [0.2, 0.25) is 0 Å². The number of hydrogen-bond acceptors (Lipinski definition) is 8. The number of carbonyl (C=O) groups is 5. The number of ether oxygens (including phenoxy) is 2. The number of ketones is 1. The summed E-state index contributed by atoms with van der Waals surface area (Å²) in [4.78, 5) is 67.9. The fraction of sp³-hybridized carbons (Fsp3) is 0.132. The maximum absolute atomic E-state index is 14.2. The first-order chi connectivity index (χ1) is 22.9. The Balaban J connectivity index is 1.01. The first-order valence-corrected chi connectivity index (χ1v) is 15.1. The summed E-state index contributed by atoms with van der Waals surface area (Å²) in [6, 6.07) is 31.0. The molecule has 2 atom stereocenters. The number of Topliss-reactive ketones (excluding diaryl/α,β-unsaturated/α-hetero) is 1. The molecule has 0 N–H and O–H groups in total. The lowest BCUT2D eigenvalue weighted by Gasteiger charge is -2.45. The van der Waals surface area contributed by atoms with Crippen LogP contribution in [-0.4, -0.2) is 36.1 Å². The number of imide groups is 1. The molecule has 1 saturated heterocycles. The Bertz CT molecular complexity index is 1980. The zero-order valence-electron chi connectivity index (χ0n) is 24.7. The van der Waals surface area contributed by atoms with Gasteiger partial charge in [0.15, 0.2) is 12.4 Å². The minimum Gasteiger partial charge on any atom is -0.457 e. The van der Waals surface area contributed by atoms with Gasteiger partial charge >= 0.3 is 11.9 Å². The van der Waals surface area contributed by atoms with Crippen LogP contribution in [0, 0.1) is 11.8 Å². The second-order valence-corrected chi connectivity index (χ2v) is 11.7. The van der Waals surface area contributed by atoms with E-state index in [9.17, 15) is 24.0 Å². The Morgan fingerprint density at radius 1 is 0.638 bits per heavy atom. The molecule has 0 radical (unpaired) electrons. The van der Waals surface area contributed by atoms with Gasteiger partial charge in [-0.3, -0.25) is 14.4 Å². The Labute approximate surface area is 268 Å². The van der Waals surface area contributed by atoms with Crippen molar-refractivity contribution in [3.05, 3.63) is 155 Å². The fourth-order valence-electron chi connectivity index (χ4n) is 7.31. The van der Waals surface area contributed by atoms with Crippen molar-refractivity contribution in [2.24, 2.45) is 11.8 Å². The van der Waals surface area contributed by atoms with E-state index in [2.05, 4.69) is 0 Å². The molecule has 5 aromatic rings. The summed E-state index contributed by atoms with van der Waals surface area (Å²) in [7, 11) is 0. The van der Waals surface area contributed by atoms with Gasteiger partial charge in [-0.15, -0.1) is 0 Å². The van der Waals surface area contributed by atoms with Gasteiger partial charge in [0, 0.05) is 17.4 Å². The molecule has 230 valence electrons. The lowest BCUT2D eigenvalue weighted by molar-refractivity contribution is -0.122. The molecule has 2 unspecified atom stereocenters. The molecule has 2 heterocycles. The number of esters is 2. The summed E-state index contributed by atoms with van der Waals surface area (Å²) in [5, 5.41) is 0. The number of anilines is 1. The van der Waals surface area contributed by atoms with Crippen molar-refractivity contribution in [3.8, 4) is 5.75 Å². The third-order valence-electron chi connectivity index (χ3n) is 9.26. The smallest absolute Gasteiger partial charge is 0.379 e. The van der Waals surface area contributed by atoms with Gasteiger partial charge in [-0.05, 0) is 70.8 Å². The number of rotatable bonds is 7. The van der Waals surface area contributed by atoms with Gasteiger partial charge in [-0.1, -0.05) is 60.7 Å². The second-order valence-electron chi connectivity index (χ2n) is 11.7. The van der Waals surface area contributed by atoms with Crippen molar-refractivity contribution in [3.63, 3.8) is 0 Å². The largest absolute Gasteiger partial charge is 0.457 e. The van der Waals surface area contributed by atoms with Crippen molar-refractivity contribution >= 4 is 35.2 Å². The Morgan fingerprint density at radius 2 is 1.19 bits per heavy atom. The van der Waals surface area contributed by atoms with E-state index in [1.54, 1.807) is 24.3 Å². The van der Waals surface area contributed by atoms with Crippen LogP contribution in [0.5, 0.6) is 5.75 Å². The maximum Gasteiger partial charge on any atom is 0.379 e.